The standard InChI is InChI=1S/C30H29BrFN3O4S/c1-3-34(4-2)40(38,39)23-9-7-8-22(17-23)35-29(36)25-11-6-5-10-24(25)26(30(35)37)18-33-21-14-20(15-21)19-12-13-28(32)27(31)16-19/h5-13,16-18,20-21,37H,3-4,14-15H2,1-2H3. The maximum Gasteiger partial charge on any atom is 0.265 e. The van der Waals surface area contributed by atoms with Crippen LogP contribution < -0.4 is 5.56 Å². The summed E-state index contributed by atoms with van der Waals surface area (Å²) in [5, 5.41) is 12.3. The quantitative estimate of drug-likeness (QED) is 0.243. The van der Waals surface area contributed by atoms with E-state index in [2.05, 4.69) is 15.9 Å². The zero-order valence-corrected chi connectivity index (χ0v) is 24.5. The van der Waals surface area contributed by atoms with E-state index in [1.54, 1.807) is 68.6 Å². The summed E-state index contributed by atoms with van der Waals surface area (Å²) in [6, 6.07) is 18.0. The first kappa shape index (κ1) is 28.2. The SMILES string of the molecule is CCN(CC)S(=O)(=O)c1cccc(-n2c(O)c(C=NC3CC(c4ccc(F)c(Br)c4)C3)c3ccccc3c2=O)c1. The molecule has 4 aromatic rings. The second-order valence-electron chi connectivity index (χ2n) is 9.78. The number of hydrogen-bond donors (Lipinski definition) is 1. The van der Waals surface area contributed by atoms with E-state index >= 15 is 0 Å². The minimum atomic E-state index is -3.77. The molecule has 1 fully saturated rings. The van der Waals surface area contributed by atoms with Crippen LogP contribution in [-0.4, -0.2) is 47.7 Å². The Bertz CT molecular complexity index is 1780. The molecule has 1 saturated carbocycles. The van der Waals surface area contributed by atoms with E-state index in [4.69, 9.17) is 4.99 Å². The fraction of sp³-hybridized carbons (Fsp3) is 0.267. The lowest BCUT2D eigenvalue weighted by Crippen LogP contribution is -2.30. The summed E-state index contributed by atoms with van der Waals surface area (Å²) in [5.74, 6) is -0.358. The van der Waals surface area contributed by atoms with Crippen LogP contribution in [0.25, 0.3) is 16.5 Å². The molecule has 0 amide bonds. The van der Waals surface area contributed by atoms with E-state index in [9.17, 15) is 22.7 Å². The molecule has 1 aromatic heterocycles. The number of halogens is 2. The first-order valence-corrected chi connectivity index (χ1v) is 15.3. The molecule has 0 unspecified atom stereocenters. The van der Waals surface area contributed by atoms with Crippen molar-refractivity contribution in [1.29, 1.82) is 0 Å². The summed E-state index contributed by atoms with van der Waals surface area (Å²) in [6.07, 6.45) is 3.14. The highest BCUT2D eigenvalue weighted by Gasteiger charge is 2.30. The van der Waals surface area contributed by atoms with Gasteiger partial charge in [-0.25, -0.2) is 17.4 Å². The number of aliphatic imine (C=N–C) groups is 1. The fourth-order valence-corrected chi connectivity index (χ4v) is 7.05. The van der Waals surface area contributed by atoms with Gasteiger partial charge in [0, 0.05) is 30.1 Å². The molecular formula is C30H29BrFN3O4S. The van der Waals surface area contributed by atoms with Crippen molar-refractivity contribution in [3.63, 3.8) is 0 Å². The van der Waals surface area contributed by atoms with E-state index in [1.807, 2.05) is 0 Å². The van der Waals surface area contributed by atoms with E-state index in [1.165, 1.54) is 22.5 Å². The number of aromatic hydroxyl groups is 1. The molecule has 1 aliphatic rings. The molecule has 0 spiro atoms. The summed E-state index contributed by atoms with van der Waals surface area (Å²) in [6.45, 7) is 4.15. The van der Waals surface area contributed by atoms with Crippen LogP contribution in [0.2, 0.25) is 0 Å². The number of fused-ring (bicyclic) bond motifs is 1. The summed E-state index contributed by atoms with van der Waals surface area (Å²) >= 11 is 3.24. The van der Waals surface area contributed by atoms with Gasteiger partial charge >= 0.3 is 0 Å². The zero-order chi connectivity index (χ0) is 28.6. The number of rotatable bonds is 8. The van der Waals surface area contributed by atoms with Crippen LogP contribution in [0.1, 0.15) is 43.7 Å². The lowest BCUT2D eigenvalue weighted by Gasteiger charge is -2.33. The van der Waals surface area contributed by atoms with Gasteiger partial charge in [0.25, 0.3) is 5.56 Å². The van der Waals surface area contributed by atoms with Crippen molar-refractivity contribution in [3.8, 4) is 11.6 Å². The lowest BCUT2D eigenvalue weighted by atomic mass is 9.76. The third-order valence-electron chi connectivity index (χ3n) is 7.47. The molecule has 7 nitrogen and oxygen atoms in total. The Labute approximate surface area is 240 Å². The monoisotopic (exact) mass is 625 g/mol. The van der Waals surface area contributed by atoms with Crippen LogP contribution >= 0.6 is 15.9 Å². The molecule has 208 valence electrons. The summed E-state index contributed by atoms with van der Waals surface area (Å²) < 4.78 is 42.8. The first-order valence-electron chi connectivity index (χ1n) is 13.1. The van der Waals surface area contributed by atoms with Crippen LogP contribution in [0.15, 0.2) is 85.9 Å². The molecule has 0 bridgehead atoms. The van der Waals surface area contributed by atoms with Gasteiger partial charge in [0.15, 0.2) is 0 Å². The topological polar surface area (TPSA) is 92.0 Å². The third kappa shape index (κ3) is 5.11. The lowest BCUT2D eigenvalue weighted by molar-refractivity contribution is 0.354. The maximum atomic E-state index is 13.6. The summed E-state index contributed by atoms with van der Waals surface area (Å²) in [7, 11) is -3.77. The maximum absolute atomic E-state index is 13.6. The largest absolute Gasteiger partial charge is 0.494 e. The van der Waals surface area contributed by atoms with E-state index in [-0.39, 0.29) is 34.2 Å². The minimum Gasteiger partial charge on any atom is -0.494 e. The molecule has 40 heavy (non-hydrogen) atoms. The molecule has 0 aliphatic heterocycles. The van der Waals surface area contributed by atoms with E-state index < -0.39 is 15.6 Å². The zero-order valence-electron chi connectivity index (χ0n) is 22.1. The fourth-order valence-electron chi connectivity index (χ4n) is 5.15. The Morgan fingerprint density at radius 3 is 2.42 bits per heavy atom. The normalized spacial score (nSPS) is 17.5. The molecule has 0 atom stereocenters. The highest BCUT2D eigenvalue weighted by molar-refractivity contribution is 9.10. The molecule has 1 N–H and O–H groups in total. The van der Waals surface area contributed by atoms with Gasteiger partial charge in [0.2, 0.25) is 15.9 Å². The van der Waals surface area contributed by atoms with Crippen LogP contribution in [0.5, 0.6) is 5.88 Å². The average Bonchev–Trinajstić information content (AvgIpc) is 2.92. The summed E-state index contributed by atoms with van der Waals surface area (Å²) in [5.41, 5.74) is 1.19. The van der Waals surface area contributed by atoms with Gasteiger partial charge in [0.1, 0.15) is 5.82 Å². The molecule has 10 heteroatoms. The molecule has 0 saturated heterocycles. The highest BCUT2D eigenvalue weighted by Crippen LogP contribution is 2.40. The number of hydrogen-bond acceptors (Lipinski definition) is 5. The van der Waals surface area contributed by atoms with Crippen LogP contribution in [0.3, 0.4) is 0 Å². The van der Waals surface area contributed by atoms with Gasteiger partial charge < -0.3 is 5.11 Å². The number of sulfonamides is 1. The Hall–Kier alpha value is -3.34. The van der Waals surface area contributed by atoms with Gasteiger partial charge in [-0.2, -0.15) is 4.31 Å². The molecular weight excluding hydrogens is 597 g/mol. The number of aromatic nitrogens is 1. The van der Waals surface area contributed by atoms with Crippen molar-refractivity contribution in [1.82, 2.24) is 8.87 Å². The van der Waals surface area contributed by atoms with Crippen LogP contribution in [0, 0.1) is 5.82 Å². The van der Waals surface area contributed by atoms with Gasteiger partial charge in [0.05, 0.1) is 26.7 Å². The van der Waals surface area contributed by atoms with Crippen molar-refractivity contribution in [2.75, 3.05) is 13.1 Å². The van der Waals surface area contributed by atoms with Gasteiger partial charge in [-0.15, -0.1) is 0 Å². The predicted octanol–water partition coefficient (Wildman–Crippen LogP) is 5.99. The Morgan fingerprint density at radius 2 is 1.75 bits per heavy atom. The molecule has 1 heterocycles. The average molecular weight is 627 g/mol. The Morgan fingerprint density at radius 1 is 1.05 bits per heavy atom. The van der Waals surface area contributed by atoms with Crippen molar-refractivity contribution < 1.29 is 17.9 Å². The van der Waals surface area contributed by atoms with Gasteiger partial charge in [-0.05, 0) is 76.7 Å². The smallest absolute Gasteiger partial charge is 0.265 e. The Balaban J connectivity index is 1.52. The minimum absolute atomic E-state index is 0.00918. The first-order chi connectivity index (χ1) is 19.1. The van der Waals surface area contributed by atoms with Crippen LogP contribution in [0.4, 0.5) is 4.39 Å². The van der Waals surface area contributed by atoms with Crippen molar-refractivity contribution in [2.45, 2.75) is 43.5 Å². The summed E-state index contributed by atoms with van der Waals surface area (Å²) in [4.78, 5) is 18.3. The van der Waals surface area contributed by atoms with Gasteiger partial charge in [-0.1, -0.05) is 44.2 Å². The third-order valence-corrected chi connectivity index (χ3v) is 10.1. The Kier molecular flexibility index (Phi) is 7.94. The van der Waals surface area contributed by atoms with Crippen molar-refractivity contribution >= 4 is 42.9 Å². The molecule has 3 aromatic carbocycles. The number of nitrogens with zero attached hydrogens (tertiary/aromatic N) is 3. The van der Waals surface area contributed by atoms with E-state index in [0.717, 1.165) is 23.0 Å². The van der Waals surface area contributed by atoms with Crippen molar-refractivity contribution in [3.05, 3.63) is 98.5 Å². The second kappa shape index (κ2) is 11.3. The van der Waals surface area contributed by atoms with Gasteiger partial charge in [-0.3, -0.25) is 9.79 Å². The number of benzene rings is 3. The highest BCUT2D eigenvalue weighted by atomic mass is 79.9. The predicted molar refractivity (Wildman–Crippen MR) is 159 cm³/mol. The molecule has 0 radical (unpaired) electrons. The second-order valence-corrected chi connectivity index (χ2v) is 12.6. The molecule has 1 aliphatic carbocycles. The van der Waals surface area contributed by atoms with Crippen molar-refractivity contribution in [2.24, 2.45) is 4.99 Å². The van der Waals surface area contributed by atoms with Crippen LogP contribution in [-0.2, 0) is 10.0 Å². The molecule has 5 rings (SSSR count). The number of pyridine rings is 1. The van der Waals surface area contributed by atoms with E-state index in [0.29, 0.717) is 33.9 Å².